The van der Waals surface area contributed by atoms with E-state index in [1.165, 1.54) is 11.1 Å². The number of thioether (sulfide) groups is 1. The van der Waals surface area contributed by atoms with Gasteiger partial charge in [0.15, 0.2) is 6.61 Å². The Balaban J connectivity index is 1.15. The maximum absolute atomic E-state index is 12.4. The van der Waals surface area contributed by atoms with Crippen molar-refractivity contribution in [3.05, 3.63) is 101 Å². The van der Waals surface area contributed by atoms with Gasteiger partial charge in [-0.1, -0.05) is 42.5 Å². The number of hydrazone groups is 1. The number of nitrogens with zero attached hydrogens (tertiary/aromatic N) is 1. The van der Waals surface area contributed by atoms with E-state index in [0.29, 0.717) is 17.9 Å². The highest BCUT2D eigenvalue weighted by Gasteiger charge is 2.16. The van der Waals surface area contributed by atoms with Gasteiger partial charge in [0, 0.05) is 30.2 Å². The number of amides is 2. The fourth-order valence-corrected chi connectivity index (χ4v) is 4.68. The van der Waals surface area contributed by atoms with Crippen LogP contribution in [0.25, 0.3) is 0 Å². The largest absolute Gasteiger partial charge is 0.484 e. The Bertz CT molecular complexity index is 1160. The van der Waals surface area contributed by atoms with Crippen LogP contribution in [-0.2, 0) is 21.0 Å². The van der Waals surface area contributed by atoms with Crippen LogP contribution in [0, 0.1) is 0 Å². The summed E-state index contributed by atoms with van der Waals surface area (Å²) in [5, 5.41) is 6.87. The Kier molecular flexibility index (Phi) is 10.2. The van der Waals surface area contributed by atoms with Gasteiger partial charge in [-0.2, -0.15) is 16.9 Å². The number of rotatable bonds is 12. The van der Waals surface area contributed by atoms with Gasteiger partial charge in [-0.3, -0.25) is 9.59 Å². The number of ether oxygens (including phenoxy) is 2. The summed E-state index contributed by atoms with van der Waals surface area (Å²) in [6.07, 6.45) is 3.69. The molecule has 7 nitrogen and oxygen atoms in total. The maximum atomic E-state index is 12.4. The predicted molar refractivity (Wildman–Crippen MR) is 147 cm³/mol. The third-order valence-corrected chi connectivity index (χ3v) is 6.85. The number of hydrogen-bond acceptors (Lipinski definition) is 6. The molecule has 2 N–H and O–H groups in total. The van der Waals surface area contributed by atoms with Crippen LogP contribution < -0.4 is 15.5 Å². The SMILES string of the molecule is O=C(COc1ccc(/C=N\NC(=O)c2ccc(CSCc3ccccc3)cc2)cc1)NC[C@@H]1CCCO1. The van der Waals surface area contributed by atoms with Gasteiger partial charge in [0.05, 0.1) is 12.3 Å². The van der Waals surface area contributed by atoms with E-state index in [1.807, 2.05) is 54.2 Å². The quantitative estimate of drug-likeness (QED) is 0.272. The van der Waals surface area contributed by atoms with Crippen LogP contribution in [0.4, 0.5) is 0 Å². The molecule has 0 saturated carbocycles. The highest BCUT2D eigenvalue weighted by Crippen LogP contribution is 2.18. The second kappa shape index (κ2) is 14.2. The van der Waals surface area contributed by atoms with Crippen molar-refractivity contribution in [3.63, 3.8) is 0 Å². The summed E-state index contributed by atoms with van der Waals surface area (Å²) in [6.45, 7) is 1.22. The van der Waals surface area contributed by atoms with E-state index < -0.39 is 0 Å². The van der Waals surface area contributed by atoms with Gasteiger partial charge >= 0.3 is 0 Å². The zero-order valence-corrected chi connectivity index (χ0v) is 21.4. The summed E-state index contributed by atoms with van der Waals surface area (Å²) in [6, 6.07) is 25.0. The van der Waals surface area contributed by atoms with E-state index >= 15 is 0 Å². The molecular weight excluding hydrogens is 486 g/mol. The fourth-order valence-electron chi connectivity index (χ4n) is 3.73. The second-order valence-corrected chi connectivity index (χ2v) is 9.66. The van der Waals surface area contributed by atoms with Crippen LogP contribution in [0.3, 0.4) is 0 Å². The lowest BCUT2D eigenvalue weighted by Crippen LogP contribution is -2.35. The van der Waals surface area contributed by atoms with Crippen molar-refractivity contribution in [2.45, 2.75) is 30.5 Å². The minimum atomic E-state index is -0.270. The molecule has 2 amide bonds. The third kappa shape index (κ3) is 9.08. The molecule has 1 fully saturated rings. The van der Waals surface area contributed by atoms with Crippen molar-refractivity contribution in [2.75, 3.05) is 19.8 Å². The van der Waals surface area contributed by atoms with E-state index in [0.717, 1.165) is 36.5 Å². The molecule has 37 heavy (non-hydrogen) atoms. The van der Waals surface area contributed by atoms with Gasteiger partial charge in [-0.25, -0.2) is 5.43 Å². The summed E-state index contributed by atoms with van der Waals surface area (Å²) in [4.78, 5) is 24.3. The lowest BCUT2D eigenvalue weighted by Gasteiger charge is -2.11. The molecule has 4 rings (SSSR count). The molecule has 0 bridgehead atoms. The Labute approximate surface area is 221 Å². The molecule has 8 heteroatoms. The van der Waals surface area contributed by atoms with Crippen LogP contribution in [0.15, 0.2) is 84.0 Å². The number of hydrogen-bond donors (Lipinski definition) is 2. The van der Waals surface area contributed by atoms with E-state index in [2.05, 4.69) is 28.0 Å². The highest BCUT2D eigenvalue weighted by molar-refractivity contribution is 7.97. The number of carbonyl (C=O) groups is 2. The van der Waals surface area contributed by atoms with Gasteiger partial charge in [-0.15, -0.1) is 0 Å². The lowest BCUT2D eigenvalue weighted by atomic mass is 10.1. The first kappa shape index (κ1) is 26.4. The zero-order chi connectivity index (χ0) is 25.7. The van der Waals surface area contributed by atoms with Gasteiger partial charge in [0.1, 0.15) is 5.75 Å². The van der Waals surface area contributed by atoms with E-state index in [4.69, 9.17) is 9.47 Å². The molecular formula is C29H31N3O4S. The van der Waals surface area contributed by atoms with E-state index in [9.17, 15) is 9.59 Å². The maximum Gasteiger partial charge on any atom is 0.271 e. The molecule has 0 unspecified atom stereocenters. The molecule has 0 spiro atoms. The lowest BCUT2D eigenvalue weighted by molar-refractivity contribution is -0.123. The van der Waals surface area contributed by atoms with Gasteiger partial charge < -0.3 is 14.8 Å². The normalized spacial score (nSPS) is 15.0. The molecule has 1 heterocycles. The van der Waals surface area contributed by atoms with E-state index in [-0.39, 0.29) is 24.5 Å². The Hall–Kier alpha value is -3.62. The monoisotopic (exact) mass is 517 g/mol. The van der Waals surface area contributed by atoms with E-state index in [1.54, 1.807) is 30.5 Å². The fraction of sp³-hybridized carbons (Fsp3) is 0.276. The minimum absolute atomic E-state index is 0.0548. The molecule has 1 saturated heterocycles. The average molecular weight is 518 g/mol. The number of benzene rings is 3. The number of nitrogens with one attached hydrogen (secondary N) is 2. The van der Waals surface area contributed by atoms with Crippen LogP contribution in [0.5, 0.6) is 5.75 Å². The van der Waals surface area contributed by atoms with Crippen LogP contribution in [-0.4, -0.2) is 43.9 Å². The highest BCUT2D eigenvalue weighted by atomic mass is 32.2. The Morgan fingerprint density at radius 1 is 0.973 bits per heavy atom. The summed E-state index contributed by atoms with van der Waals surface area (Å²) in [5.74, 6) is 1.97. The van der Waals surface area contributed by atoms with Crippen LogP contribution >= 0.6 is 11.8 Å². The summed E-state index contributed by atoms with van der Waals surface area (Å²) < 4.78 is 11.0. The standard InChI is InChI=1S/C29H31N3O4S/c33-28(30-18-27-7-4-16-35-27)19-36-26-14-10-22(11-15-26)17-31-32-29(34)25-12-8-24(9-13-25)21-37-20-23-5-2-1-3-6-23/h1-3,5-6,8-15,17,27H,4,7,16,18-21H2,(H,30,33)(H,32,34)/b31-17-/t27-/m0/s1. The summed E-state index contributed by atoms with van der Waals surface area (Å²) >= 11 is 1.84. The Morgan fingerprint density at radius 2 is 1.70 bits per heavy atom. The van der Waals surface area contributed by atoms with Crippen LogP contribution in [0.1, 0.15) is 39.9 Å². The molecule has 1 aliphatic heterocycles. The smallest absolute Gasteiger partial charge is 0.271 e. The summed E-state index contributed by atoms with van der Waals surface area (Å²) in [5.41, 5.74) is 6.37. The molecule has 3 aromatic rings. The van der Waals surface area contributed by atoms with Crippen molar-refractivity contribution in [1.29, 1.82) is 0 Å². The first-order valence-corrected chi connectivity index (χ1v) is 13.5. The van der Waals surface area contributed by atoms with Crippen molar-refractivity contribution in [1.82, 2.24) is 10.7 Å². The Morgan fingerprint density at radius 3 is 2.41 bits per heavy atom. The topological polar surface area (TPSA) is 89.0 Å². The predicted octanol–water partition coefficient (Wildman–Crippen LogP) is 4.56. The molecule has 0 aromatic heterocycles. The van der Waals surface area contributed by atoms with Crippen molar-refractivity contribution in [2.24, 2.45) is 5.10 Å². The molecule has 192 valence electrons. The van der Waals surface area contributed by atoms with Crippen LogP contribution in [0.2, 0.25) is 0 Å². The number of carbonyl (C=O) groups excluding carboxylic acids is 2. The average Bonchev–Trinajstić information content (AvgIpc) is 3.46. The van der Waals surface area contributed by atoms with Gasteiger partial charge in [0.2, 0.25) is 0 Å². The summed E-state index contributed by atoms with van der Waals surface area (Å²) in [7, 11) is 0. The second-order valence-electron chi connectivity index (χ2n) is 8.67. The first-order chi connectivity index (χ1) is 18.2. The first-order valence-electron chi connectivity index (χ1n) is 12.3. The molecule has 0 radical (unpaired) electrons. The van der Waals surface area contributed by atoms with Crippen molar-refractivity contribution >= 4 is 29.8 Å². The van der Waals surface area contributed by atoms with Gasteiger partial charge in [0.25, 0.3) is 11.8 Å². The van der Waals surface area contributed by atoms with Crippen molar-refractivity contribution < 1.29 is 19.1 Å². The van der Waals surface area contributed by atoms with Crippen molar-refractivity contribution in [3.8, 4) is 5.75 Å². The molecule has 1 atom stereocenters. The zero-order valence-electron chi connectivity index (χ0n) is 20.6. The molecule has 1 aliphatic rings. The minimum Gasteiger partial charge on any atom is -0.484 e. The third-order valence-electron chi connectivity index (χ3n) is 5.78. The molecule has 3 aromatic carbocycles. The molecule has 0 aliphatic carbocycles. The van der Waals surface area contributed by atoms with Gasteiger partial charge in [-0.05, 0) is 65.9 Å².